The van der Waals surface area contributed by atoms with E-state index in [9.17, 15) is 14.9 Å². The standard InChI is InChI=1S/C9H7Cl2N3O4S/c1-18-9(15)13-8(19)12-6-2-5(11)7(14(16)17)3-4(6)10/h2-3H,1H3,(H2,12,13,15,19). The molecule has 0 saturated heterocycles. The molecule has 0 aliphatic heterocycles. The average molecular weight is 324 g/mol. The predicted molar refractivity (Wildman–Crippen MR) is 74.9 cm³/mol. The first kappa shape index (κ1) is 15.4. The van der Waals surface area contributed by atoms with E-state index in [-0.39, 0.29) is 26.5 Å². The van der Waals surface area contributed by atoms with Gasteiger partial charge in [0, 0.05) is 6.07 Å². The number of anilines is 1. The lowest BCUT2D eigenvalue weighted by Gasteiger charge is -2.10. The summed E-state index contributed by atoms with van der Waals surface area (Å²) in [5.41, 5.74) is -0.109. The van der Waals surface area contributed by atoms with Gasteiger partial charge in [-0.3, -0.25) is 15.4 Å². The van der Waals surface area contributed by atoms with Gasteiger partial charge in [0.15, 0.2) is 5.11 Å². The minimum absolute atomic E-state index is 0.0325. The summed E-state index contributed by atoms with van der Waals surface area (Å²) < 4.78 is 4.34. The molecule has 0 aliphatic rings. The number of nitro groups is 1. The topological polar surface area (TPSA) is 93.5 Å². The largest absolute Gasteiger partial charge is 0.453 e. The number of thiocarbonyl (C=S) groups is 1. The minimum atomic E-state index is -0.762. The maximum atomic E-state index is 10.9. The molecule has 0 bridgehead atoms. The van der Waals surface area contributed by atoms with E-state index in [0.717, 1.165) is 6.07 Å². The lowest BCUT2D eigenvalue weighted by Crippen LogP contribution is -2.33. The van der Waals surface area contributed by atoms with Crippen molar-refractivity contribution in [3.8, 4) is 0 Å². The van der Waals surface area contributed by atoms with E-state index < -0.39 is 11.0 Å². The summed E-state index contributed by atoms with van der Waals surface area (Å²) in [6.45, 7) is 0. The molecule has 0 unspecified atom stereocenters. The molecule has 0 spiro atoms. The number of alkyl carbamates (subject to hydrolysis) is 1. The van der Waals surface area contributed by atoms with E-state index >= 15 is 0 Å². The van der Waals surface area contributed by atoms with Gasteiger partial charge in [-0.05, 0) is 18.3 Å². The zero-order valence-corrected chi connectivity index (χ0v) is 11.7. The van der Waals surface area contributed by atoms with Gasteiger partial charge in [-0.15, -0.1) is 0 Å². The minimum Gasteiger partial charge on any atom is -0.453 e. The van der Waals surface area contributed by atoms with Gasteiger partial charge < -0.3 is 10.1 Å². The number of nitrogens with one attached hydrogen (secondary N) is 2. The van der Waals surface area contributed by atoms with Crippen LogP contribution in [0, 0.1) is 10.1 Å². The van der Waals surface area contributed by atoms with Crippen LogP contribution in [0.15, 0.2) is 12.1 Å². The molecule has 1 aromatic carbocycles. The number of methoxy groups -OCH3 is 1. The maximum absolute atomic E-state index is 10.9. The molecule has 0 saturated carbocycles. The Kier molecular flexibility index (Phi) is 5.28. The van der Waals surface area contributed by atoms with Crippen molar-refractivity contribution in [3.05, 3.63) is 32.3 Å². The fourth-order valence-corrected chi connectivity index (χ4v) is 1.70. The Labute approximate surface area is 123 Å². The molecule has 0 atom stereocenters. The number of nitrogens with zero attached hydrogens (tertiary/aromatic N) is 1. The fourth-order valence-electron chi connectivity index (χ4n) is 1.07. The summed E-state index contributed by atoms with van der Waals surface area (Å²) in [6, 6.07) is 2.31. The van der Waals surface area contributed by atoms with Crippen LogP contribution in [0.2, 0.25) is 10.0 Å². The molecule has 1 aromatic rings. The molecule has 0 aliphatic carbocycles. The number of benzene rings is 1. The van der Waals surface area contributed by atoms with Crippen molar-refractivity contribution >= 4 is 58.0 Å². The molecule has 0 heterocycles. The molecule has 102 valence electrons. The molecule has 7 nitrogen and oxygen atoms in total. The van der Waals surface area contributed by atoms with E-state index in [1.54, 1.807) is 0 Å². The Morgan fingerprint density at radius 1 is 1.42 bits per heavy atom. The van der Waals surface area contributed by atoms with E-state index in [1.165, 1.54) is 13.2 Å². The SMILES string of the molecule is COC(=O)NC(=S)Nc1cc(Cl)c([N+](=O)[O-])cc1Cl. The van der Waals surface area contributed by atoms with Crippen molar-refractivity contribution in [1.29, 1.82) is 0 Å². The smallest absolute Gasteiger partial charge is 0.413 e. The maximum Gasteiger partial charge on any atom is 0.413 e. The van der Waals surface area contributed by atoms with Crippen molar-refractivity contribution in [2.24, 2.45) is 0 Å². The summed E-state index contributed by atoms with van der Waals surface area (Å²) in [6.07, 6.45) is -0.762. The number of carbonyl (C=O) groups excluding carboxylic acids is 1. The number of hydrogen-bond acceptors (Lipinski definition) is 5. The zero-order valence-electron chi connectivity index (χ0n) is 9.40. The third kappa shape index (κ3) is 4.19. The van der Waals surface area contributed by atoms with Crippen LogP contribution in [0.3, 0.4) is 0 Å². The van der Waals surface area contributed by atoms with Crippen LogP contribution in [0.5, 0.6) is 0 Å². The molecule has 10 heteroatoms. The normalized spacial score (nSPS) is 9.63. The highest BCUT2D eigenvalue weighted by Gasteiger charge is 2.16. The van der Waals surface area contributed by atoms with Crippen LogP contribution in [0.1, 0.15) is 0 Å². The van der Waals surface area contributed by atoms with Crippen molar-refractivity contribution in [1.82, 2.24) is 5.32 Å². The predicted octanol–water partition coefficient (Wildman–Crippen LogP) is 2.95. The quantitative estimate of drug-likeness (QED) is 0.493. The summed E-state index contributed by atoms with van der Waals surface area (Å²) in [4.78, 5) is 20.9. The number of rotatable bonds is 2. The van der Waals surface area contributed by atoms with Crippen LogP contribution in [-0.4, -0.2) is 23.2 Å². The third-order valence-electron chi connectivity index (χ3n) is 1.88. The highest BCUT2D eigenvalue weighted by atomic mass is 35.5. The monoisotopic (exact) mass is 323 g/mol. The van der Waals surface area contributed by atoms with Crippen molar-refractivity contribution < 1.29 is 14.5 Å². The molecule has 0 radical (unpaired) electrons. The number of halogens is 2. The van der Waals surface area contributed by atoms with E-state index in [0.29, 0.717) is 0 Å². The molecular weight excluding hydrogens is 317 g/mol. The molecule has 1 rings (SSSR count). The second-order valence-corrected chi connectivity index (χ2v) is 4.33. The summed E-state index contributed by atoms with van der Waals surface area (Å²) in [7, 11) is 1.17. The van der Waals surface area contributed by atoms with E-state index in [1.807, 2.05) is 0 Å². The average Bonchev–Trinajstić information content (AvgIpc) is 2.32. The van der Waals surface area contributed by atoms with Gasteiger partial charge in [0.1, 0.15) is 5.02 Å². The Balaban J connectivity index is 2.91. The molecule has 2 N–H and O–H groups in total. The van der Waals surface area contributed by atoms with Gasteiger partial charge in [-0.25, -0.2) is 4.79 Å². The van der Waals surface area contributed by atoms with Gasteiger partial charge >= 0.3 is 6.09 Å². The Morgan fingerprint density at radius 3 is 2.58 bits per heavy atom. The van der Waals surface area contributed by atoms with Crippen LogP contribution in [0.25, 0.3) is 0 Å². The van der Waals surface area contributed by atoms with Crippen molar-refractivity contribution in [3.63, 3.8) is 0 Å². The fraction of sp³-hybridized carbons (Fsp3) is 0.111. The Morgan fingerprint density at radius 2 is 2.05 bits per heavy atom. The van der Waals surface area contributed by atoms with E-state index in [2.05, 4.69) is 15.4 Å². The second-order valence-electron chi connectivity index (χ2n) is 3.11. The number of amides is 1. The summed E-state index contributed by atoms with van der Waals surface area (Å²) in [5, 5.41) is 15.2. The Bertz CT molecular complexity index is 553. The van der Waals surface area contributed by atoms with Crippen LogP contribution < -0.4 is 10.6 Å². The third-order valence-corrected chi connectivity index (χ3v) is 2.70. The number of hydrogen-bond donors (Lipinski definition) is 2. The molecular formula is C9H7Cl2N3O4S. The lowest BCUT2D eigenvalue weighted by molar-refractivity contribution is -0.384. The van der Waals surface area contributed by atoms with Crippen molar-refractivity contribution in [2.75, 3.05) is 12.4 Å². The highest BCUT2D eigenvalue weighted by Crippen LogP contribution is 2.33. The van der Waals surface area contributed by atoms with Crippen LogP contribution in [0.4, 0.5) is 16.2 Å². The van der Waals surface area contributed by atoms with Gasteiger partial charge in [0.25, 0.3) is 5.69 Å². The number of carbonyl (C=O) groups is 1. The molecule has 0 fully saturated rings. The molecule has 0 aromatic heterocycles. The van der Waals surface area contributed by atoms with E-state index in [4.69, 9.17) is 35.4 Å². The number of nitro benzene ring substituents is 1. The molecule has 19 heavy (non-hydrogen) atoms. The van der Waals surface area contributed by atoms with Gasteiger partial charge in [-0.2, -0.15) is 0 Å². The summed E-state index contributed by atoms with van der Waals surface area (Å²) >= 11 is 16.4. The first-order valence-corrected chi connectivity index (χ1v) is 5.81. The first-order chi connectivity index (χ1) is 8.85. The second kappa shape index (κ2) is 6.50. The molecule has 1 amide bonds. The summed E-state index contributed by atoms with van der Waals surface area (Å²) in [5.74, 6) is 0. The highest BCUT2D eigenvalue weighted by molar-refractivity contribution is 7.80. The Hall–Kier alpha value is -1.64. The van der Waals surface area contributed by atoms with Gasteiger partial charge in [0.2, 0.25) is 0 Å². The zero-order chi connectivity index (χ0) is 14.6. The van der Waals surface area contributed by atoms with Gasteiger partial charge in [0.05, 0.1) is 22.7 Å². The van der Waals surface area contributed by atoms with Crippen LogP contribution >= 0.6 is 35.4 Å². The van der Waals surface area contributed by atoms with Crippen LogP contribution in [-0.2, 0) is 4.74 Å². The lowest BCUT2D eigenvalue weighted by atomic mass is 10.3. The number of ether oxygens (including phenoxy) is 1. The first-order valence-electron chi connectivity index (χ1n) is 4.64. The van der Waals surface area contributed by atoms with Crippen molar-refractivity contribution in [2.45, 2.75) is 0 Å². The van der Waals surface area contributed by atoms with Gasteiger partial charge in [-0.1, -0.05) is 23.2 Å².